The van der Waals surface area contributed by atoms with Gasteiger partial charge in [0.1, 0.15) is 0 Å². The van der Waals surface area contributed by atoms with Crippen LogP contribution in [0.4, 0.5) is 0 Å². The number of carbonyl (C=O) groups excluding carboxylic acids is 2. The molecule has 6 rings (SSSR count). The first-order valence-electron chi connectivity index (χ1n) is 9.16. The predicted octanol–water partition coefficient (Wildman–Crippen LogP) is 3.84. The van der Waals surface area contributed by atoms with E-state index in [4.69, 9.17) is 0 Å². The highest BCUT2D eigenvalue weighted by atomic mass is 16.2. The topological polar surface area (TPSA) is 37.4 Å². The summed E-state index contributed by atoms with van der Waals surface area (Å²) in [5, 5.41) is 2.49. The molecule has 3 aliphatic rings. The molecule has 0 bridgehead atoms. The fourth-order valence-electron chi connectivity index (χ4n) is 5.48. The predicted molar refractivity (Wildman–Crippen MR) is 98.4 cm³/mol. The number of carbonyl (C=O) groups is 2. The van der Waals surface area contributed by atoms with Gasteiger partial charge in [-0.2, -0.15) is 0 Å². The van der Waals surface area contributed by atoms with Crippen LogP contribution in [0.5, 0.6) is 0 Å². The van der Waals surface area contributed by atoms with Crippen LogP contribution in [0.1, 0.15) is 28.5 Å². The van der Waals surface area contributed by atoms with Crippen LogP contribution in [0.3, 0.4) is 0 Å². The van der Waals surface area contributed by atoms with Crippen LogP contribution in [-0.2, 0) is 16.1 Å². The molecule has 4 atom stereocenters. The Hall–Kier alpha value is -2.94. The van der Waals surface area contributed by atoms with Gasteiger partial charge in [0, 0.05) is 11.8 Å². The molecule has 0 radical (unpaired) electrons. The number of hydrogen-bond donors (Lipinski definition) is 0. The number of fused-ring (bicyclic) bond motifs is 6. The summed E-state index contributed by atoms with van der Waals surface area (Å²) in [5.41, 5.74) is 3.52. The van der Waals surface area contributed by atoms with Crippen LogP contribution in [0.15, 0.2) is 66.7 Å². The van der Waals surface area contributed by atoms with Crippen molar-refractivity contribution in [2.45, 2.75) is 18.4 Å². The Bertz CT molecular complexity index is 1030. The maximum absolute atomic E-state index is 13.1. The van der Waals surface area contributed by atoms with Crippen molar-refractivity contribution in [2.24, 2.45) is 11.8 Å². The minimum Gasteiger partial charge on any atom is -0.278 e. The SMILES string of the molecule is O=C1[C@@H]2[C@H](C(=O)N1Cc1ccccc1)[C@@H]1c3cccc4cccc(c34)[C@H]21. The molecule has 1 saturated heterocycles. The second kappa shape index (κ2) is 4.82. The van der Waals surface area contributed by atoms with E-state index in [1.165, 1.54) is 26.8 Å². The number of nitrogens with zero attached hydrogens (tertiary/aromatic N) is 1. The van der Waals surface area contributed by atoms with Gasteiger partial charge in [-0.25, -0.2) is 0 Å². The zero-order valence-corrected chi connectivity index (χ0v) is 14.1. The van der Waals surface area contributed by atoms with Gasteiger partial charge in [-0.05, 0) is 27.5 Å². The summed E-state index contributed by atoms with van der Waals surface area (Å²) in [6.07, 6.45) is 0. The van der Waals surface area contributed by atoms with Crippen LogP contribution < -0.4 is 0 Å². The second-order valence-electron chi connectivity index (χ2n) is 7.64. The van der Waals surface area contributed by atoms with Crippen molar-refractivity contribution in [1.29, 1.82) is 0 Å². The molecule has 1 heterocycles. The molecule has 2 fully saturated rings. The van der Waals surface area contributed by atoms with Gasteiger partial charge >= 0.3 is 0 Å². The zero-order valence-electron chi connectivity index (χ0n) is 14.1. The Kier molecular flexibility index (Phi) is 2.64. The third kappa shape index (κ3) is 1.59. The fourth-order valence-corrected chi connectivity index (χ4v) is 5.48. The van der Waals surface area contributed by atoms with Crippen molar-refractivity contribution in [3.05, 3.63) is 83.4 Å². The van der Waals surface area contributed by atoms with Crippen molar-refractivity contribution in [3.63, 3.8) is 0 Å². The fraction of sp³-hybridized carbons (Fsp3) is 0.217. The Morgan fingerprint density at radius 2 is 1.23 bits per heavy atom. The summed E-state index contributed by atoms with van der Waals surface area (Å²) in [5.74, 6) is -0.0232. The molecule has 0 unspecified atom stereocenters. The van der Waals surface area contributed by atoms with Crippen molar-refractivity contribution in [3.8, 4) is 0 Å². The summed E-state index contributed by atoms with van der Waals surface area (Å²) in [6.45, 7) is 0.386. The molecule has 3 nitrogen and oxygen atoms in total. The van der Waals surface area contributed by atoms with Crippen LogP contribution in [0.2, 0.25) is 0 Å². The first-order valence-corrected chi connectivity index (χ1v) is 9.16. The van der Waals surface area contributed by atoms with Crippen LogP contribution >= 0.6 is 0 Å². The van der Waals surface area contributed by atoms with E-state index in [2.05, 4.69) is 36.4 Å². The number of rotatable bonds is 2. The lowest BCUT2D eigenvalue weighted by molar-refractivity contribution is -0.140. The lowest BCUT2D eigenvalue weighted by Gasteiger charge is -2.42. The number of hydrogen-bond acceptors (Lipinski definition) is 2. The molecule has 0 N–H and O–H groups in total. The standard InChI is InChI=1S/C23H17NO2/c25-22-20-18-15-10-4-8-14-9-5-11-16(17(14)15)19(18)21(20)23(26)24(22)12-13-6-2-1-3-7-13/h1-11,18-21H,12H2/t18-,19+,20-,21+. The molecule has 2 aliphatic carbocycles. The Labute approximate surface area is 151 Å². The highest BCUT2D eigenvalue weighted by Gasteiger charge is 2.67. The highest BCUT2D eigenvalue weighted by molar-refractivity contribution is 6.10. The van der Waals surface area contributed by atoms with Crippen molar-refractivity contribution < 1.29 is 9.59 Å². The van der Waals surface area contributed by atoms with Gasteiger partial charge in [-0.1, -0.05) is 66.7 Å². The Morgan fingerprint density at radius 3 is 1.81 bits per heavy atom. The number of benzene rings is 3. The van der Waals surface area contributed by atoms with Gasteiger partial charge in [-0.15, -0.1) is 0 Å². The van der Waals surface area contributed by atoms with Gasteiger partial charge in [0.05, 0.1) is 18.4 Å². The summed E-state index contributed by atoms with van der Waals surface area (Å²) < 4.78 is 0. The van der Waals surface area contributed by atoms with Gasteiger partial charge in [0.15, 0.2) is 0 Å². The lowest BCUT2D eigenvalue weighted by Crippen LogP contribution is -2.42. The van der Waals surface area contributed by atoms with E-state index in [-0.39, 0.29) is 35.5 Å². The number of imide groups is 1. The molecule has 26 heavy (non-hydrogen) atoms. The van der Waals surface area contributed by atoms with Gasteiger partial charge in [0.2, 0.25) is 11.8 Å². The maximum Gasteiger partial charge on any atom is 0.234 e. The van der Waals surface area contributed by atoms with E-state index in [0.29, 0.717) is 6.54 Å². The molecule has 1 saturated carbocycles. The minimum atomic E-state index is -0.186. The molecule has 3 aromatic carbocycles. The van der Waals surface area contributed by atoms with E-state index in [1.807, 2.05) is 30.3 Å². The lowest BCUT2D eigenvalue weighted by atomic mass is 9.57. The average molecular weight is 339 g/mol. The Morgan fingerprint density at radius 1 is 0.654 bits per heavy atom. The molecule has 0 spiro atoms. The normalized spacial score (nSPS) is 28.2. The van der Waals surface area contributed by atoms with Gasteiger partial charge < -0.3 is 0 Å². The van der Waals surface area contributed by atoms with E-state index in [1.54, 1.807) is 0 Å². The summed E-state index contributed by atoms with van der Waals surface area (Å²) in [4.78, 5) is 27.7. The second-order valence-corrected chi connectivity index (χ2v) is 7.64. The van der Waals surface area contributed by atoms with Gasteiger partial charge in [0.25, 0.3) is 0 Å². The monoisotopic (exact) mass is 339 g/mol. The van der Waals surface area contributed by atoms with Crippen LogP contribution in [0.25, 0.3) is 10.8 Å². The largest absolute Gasteiger partial charge is 0.278 e. The van der Waals surface area contributed by atoms with Crippen LogP contribution in [-0.4, -0.2) is 16.7 Å². The maximum atomic E-state index is 13.1. The molecule has 3 heteroatoms. The molecular weight excluding hydrogens is 322 g/mol. The molecule has 2 amide bonds. The average Bonchev–Trinajstić information content (AvgIpc) is 3.01. The van der Waals surface area contributed by atoms with Gasteiger partial charge in [-0.3, -0.25) is 14.5 Å². The van der Waals surface area contributed by atoms with E-state index in [0.717, 1.165) is 5.56 Å². The number of likely N-dealkylation sites (tertiary alicyclic amines) is 1. The smallest absolute Gasteiger partial charge is 0.234 e. The van der Waals surface area contributed by atoms with Crippen molar-refractivity contribution in [2.75, 3.05) is 0 Å². The highest BCUT2D eigenvalue weighted by Crippen LogP contribution is 2.66. The van der Waals surface area contributed by atoms with Crippen molar-refractivity contribution >= 4 is 22.6 Å². The van der Waals surface area contributed by atoms with E-state index in [9.17, 15) is 9.59 Å². The molecule has 0 aromatic heterocycles. The summed E-state index contributed by atoms with van der Waals surface area (Å²) in [7, 11) is 0. The third-order valence-corrected chi connectivity index (χ3v) is 6.52. The third-order valence-electron chi connectivity index (χ3n) is 6.52. The molecule has 126 valence electrons. The molecular formula is C23H17NO2. The molecule has 3 aromatic rings. The number of amides is 2. The van der Waals surface area contributed by atoms with Crippen molar-refractivity contribution in [1.82, 2.24) is 4.90 Å². The van der Waals surface area contributed by atoms with Crippen LogP contribution in [0, 0.1) is 11.8 Å². The first-order chi connectivity index (χ1) is 12.8. The molecule has 1 aliphatic heterocycles. The van der Waals surface area contributed by atoms with E-state index < -0.39 is 0 Å². The minimum absolute atomic E-state index is 0.00918. The van der Waals surface area contributed by atoms with E-state index >= 15 is 0 Å². The summed E-state index contributed by atoms with van der Waals surface area (Å²) >= 11 is 0. The quantitative estimate of drug-likeness (QED) is 0.665. The first kappa shape index (κ1) is 14.3. The summed E-state index contributed by atoms with van der Waals surface area (Å²) in [6, 6.07) is 22.4. The zero-order chi connectivity index (χ0) is 17.4. The Balaban J connectivity index is 1.42.